The van der Waals surface area contributed by atoms with Crippen molar-refractivity contribution in [3.63, 3.8) is 0 Å². The number of aliphatic hydroxyl groups is 3. The summed E-state index contributed by atoms with van der Waals surface area (Å²) >= 11 is 0. The molecule has 0 aromatic rings. The molecule has 4 atom stereocenters. The third kappa shape index (κ3) is 5.77. The van der Waals surface area contributed by atoms with Gasteiger partial charge in [-0.25, -0.2) is 0 Å². The number of rotatable bonds is 9. The fraction of sp³-hybridized carbons (Fsp3) is 0.714. The molecule has 0 aliphatic heterocycles. The van der Waals surface area contributed by atoms with Crippen molar-refractivity contribution in [2.75, 3.05) is 13.2 Å². The standard InChI is InChI=1S/C21H32O3/c22-12-8-4-2-1-3-7-11-19-20-15-17(10-6-5-9-13-23)14-18(20)16-21(19)24/h7,11,14,18-24H,1,3,5-6,8-10,12-13,15-16H2/t18-,19-,20-,21-/m1/s1. The molecule has 0 bridgehead atoms. The summed E-state index contributed by atoms with van der Waals surface area (Å²) in [7, 11) is 0. The van der Waals surface area contributed by atoms with Crippen LogP contribution in [0.3, 0.4) is 0 Å². The number of aliphatic hydroxyl groups excluding tert-OH is 3. The van der Waals surface area contributed by atoms with E-state index in [4.69, 9.17) is 10.2 Å². The van der Waals surface area contributed by atoms with Gasteiger partial charge in [0, 0.05) is 25.4 Å². The van der Waals surface area contributed by atoms with Crippen LogP contribution in [0.15, 0.2) is 23.8 Å². The highest BCUT2D eigenvalue weighted by Crippen LogP contribution is 2.48. The van der Waals surface area contributed by atoms with Gasteiger partial charge in [0.05, 0.1) is 12.7 Å². The van der Waals surface area contributed by atoms with Crippen molar-refractivity contribution >= 4 is 0 Å². The van der Waals surface area contributed by atoms with E-state index in [2.05, 4.69) is 30.1 Å². The van der Waals surface area contributed by atoms with Gasteiger partial charge in [-0.2, -0.15) is 0 Å². The summed E-state index contributed by atoms with van der Waals surface area (Å²) in [6.45, 7) is 0.434. The summed E-state index contributed by atoms with van der Waals surface area (Å²) in [6, 6.07) is 0. The van der Waals surface area contributed by atoms with Gasteiger partial charge in [-0.3, -0.25) is 0 Å². The van der Waals surface area contributed by atoms with Gasteiger partial charge in [0.25, 0.3) is 0 Å². The number of unbranched alkanes of at least 4 members (excludes halogenated alkanes) is 3. The molecule has 24 heavy (non-hydrogen) atoms. The number of hydrogen-bond donors (Lipinski definition) is 3. The summed E-state index contributed by atoms with van der Waals surface area (Å²) in [4.78, 5) is 0. The zero-order valence-corrected chi connectivity index (χ0v) is 14.7. The first kappa shape index (κ1) is 19.2. The van der Waals surface area contributed by atoms with Crippen molar-refractivity contribution in [3.8, 4) is 11.8 Å². The molecule has 3 N–H and O–H groups in total. The molecule has 0 heterocycles. The van der Waals surface area contributed by atoms with Crippen LogP contribution in [-0.4, -0.2) is 34.6 Å². The smallest absolute Gasteiger partial charge is 0.0611 e. The van der Waals surface area contributed by atoms with Gasteiger partial charge < -0.3 is 15.3 Å². The molecule has 3 nitrogen and oxygen atoms in total. The molecule has 0 radical (unpaired) electrons. The van der Waals surface area contributed by atoms with E-state index in [0.717, 1.165) is 44.9 Å². The Kier molecular flexibility index (Phi) is 8.59. The largest absolute Gasteiger partial charge is 0.396 e. The summed E-state index contributed by atoms with van der Waals surface area (Å²) in [5.74, 6) is 7.40. The molecule has 2 rings (SSSR count). The van der Waals surface area contributed by atoms with Gasteiger partial charge in [0.2, 0.25) is 0 Å². The van der Waals surface area contributed by atoms with Crippen molar-refractivity contribution in [2.24, 2.45) is 17.8 Å². The van der Waals surface area contributed by atoms with Crippen LogP contribution in [-0.2, 0) is 0 Å². The molecule has 0 spiro atoms. The zero-order valence-electron chi connectivity index (χ0n) is 14.7. The van der Waals surface area contributed by atoms with Crippen LogP contribution < -0.4 is 0 Å². The Morgan fingerprint density at radius 1 is 1.08 bits per heavy atom. The zero-order chi connectivity index (χ0) is 17.2. The molecule has 0 unspecified atom stereocenters. The number of hydrogen-bond acceptors (Lipinski definition) is 3. The monoisotopic (exact) mass is 332 g/mol. The van der Waals surface area contributed by atoms with Crippen LogP contribution in [0.2, 0.25) is 0 Å². The first-order valence-electron chi connectivity index (χ1n) is 9.48. The predicted octanol–water partition coefficient (Wildman–Crippen LogP) is 3.20. The summed E-state index contributed by atoms with van der Waals surface area (Å²) in [5, 5.41) is 27.9. The van der Waals surface area contributed by atoms with E-state index in [1.165, 1.54) is 6.42 Å². The van der Waals surface area contributed by atoms with Gasteiger partial charge in [-0.1, -0.05) is 30.2 Å². The second-order valence-corrected chi connectivity index (χ2v) is 7.07. The van der Waals surface area contributed by atoms with Crippen molar-refractivity contribution < 1.29 is 15.3 Å². The van der Waals surface area contributed by atoms with E-state index in [1.807, 2.05) is 0 Å². The fourth-order valence-corrected chi connectivity index (χ4v) is 4.07. The first-order valence-corrected chi connectivity index (χ1v) is 9.48. The van der Waals surface area contributed by atoms with Gasteiger partial charge in [-0.15, -0.1) is 11.8 Å². The second kappa shape index (κ2) is 10.7. The lowest BCUT2D eigenvalue weighted by Gasteiger charge is -2.18. The lowest BCUT2D eigenvalue weighted by Crippen LogP contribution is -2.17. The third-order valence-electron chi connectivity index (χ3n) is 5.26. The second-order valence-electron chi connectivity index (χ2n) is 7.07. The van der Waals surface area contributed by atoms with E-state index < -0.39 is 0 Å². The summed E-state index contributed by atoms with van der Waals surface area (Å²) in [6.07, 6.45) is 15.3. The SMILES string of the molecule is OCCC#CCCC=C[C@@H]1[C@@H]2CC(CCCCCO)=C[C@@H]2C[C@H]1O. The molecule has 2 aliphatic rings. The minimum absolute atomic E-state index is 0.134. The molecular weight excluding hydrogens is 300 g/mol. The predicted molar refractivity (Wildman–Crippen MR) is 97.2 cm³/mol. The molecular formula is C21H32O3. The maximum Gasteiger partial charge on any atom is 0.0611 e. The average Bonchev–Trinajstić information content (AvgIpc) is 3.08. The lowest BCUT2D eigenvalue weighted by molar-refractivity contribution is 0.141. The molecule has 134 valence electrons. The van der Waals surface area contributed by atoms with Gasteiger partial charge in [0.15, 0.2) is 0 Å². The highest BCUT2D eigenvalue weighted by atomic mass is 16.3. The normalized spacial score (nSPS) is 28.7. The Morgan fingerprint density at radius 3 is 2.71 bits per heavy atom. The van der Waals surface area contributed by atoms with E-state index in [0.29, 0.717) is 24.9 Å². The van der Waals surface area contributed by atoms with Crippen molar-refractivity contribution in [3.05, 3.63) is 23.8 Å². The van der Waals surface area contributed by atoms with Crippen molar-refractivity contribution in [2.45, 2.75) is 63.9 Å². The molecule has 0 saturated heterocycles. The van der Waals surface area contributed by atoms with Gasteiger partial charge in [0.1, 0.15) is 0 Å². The molecule has 3 heteroatoms. The van der Waals surface area contributed by atoms with E-state index >= 15 is 0 Å². The minimum atomic E-state index is -0.205. The van der Waals surface area contributed by atoms with E-state index in [9.17, 15) is 5.11 Å². The number of allylic oxidation sites excluding steroid dienone is 3. The Labute approximate surface area is 146 Å². The topological polar surface area (TPSA) is 60.7 Å². The summed E-state index contributed by atoms with van der Waals surface area (Å²) in [5.41, 5.74) is 1.56. The highest BCUT2D eigenvalue weighted by Gasteiger charge is 2.42. The Hall–Kier alpha value is -1.08. The number of fused-ring (bicyclic) bond motifs is 1. The molecule has 2 aliphatic carbocycles. The van der Waals surface area contributed by atoms with Gasteiger partial charge >= 0.3 is 0 Å². The van der Waals surface area contributed by atoms with Crippen LogP contribution in [0, 0.1) is 29.6 Å². The molecule has 0 aromatic heterocycles. The maximum atomic E-state index is 10.3. The van der Waals surface area contributed by atoms with E-state index in [-0.39, 0.29) is 18.6 Å². The molecule has 0 aromatic carbocycles. The summed E-state index contributed by atoms with van der Waals surface area (Å²) < 4.78 is 0. The molecule has 0 amide bonds. The Morgan fingerprint density at radius 2 is 1.92 bits per heavy atom. The molecule has 1 saturated carbocycles. The third-order valence-corrected chi connectivity index (χ3v) is 5.26. The van der Waals surface area contributed by atoms with Crippen LogP contribution in [0.1, 0.15) is 57.8 Å². The van der Waals surface area contributed by atoms with Crippen molar-refractivity contribution in [1.82, 2.24) is 0 Å². The average molecular weight is 332 g/mol. The van der Waals surface area contributed by atoms with Crippen LogP contribution in [0.4, 0.5) is 0 Å². The Bertz CT molecular complexity index is 483. The highest BCUT2D eigenvalue weighted by molar-refractivity contribution is 5.20. The first-order chi connectivity index (χ1) is 11.8. The lowest BCUT2D eigenvalue weighted by atomic mass is 9.88. The van der Waals surface area contributed by atoms with E-state index in [1.54, 1.807) is 5.57 Å². The minimum Gasteiger partial charge on any atom is -0.396 e. The molecule has 1 fully saturated rings. The quantitative estimate of drug-likeness (QED) is 0.345. The van der Waals surface area contributed by atoms with Gasteiger partial charge in [-0.05, 0) is 50.4 Å². The Balaban J connectivity index is 1.74. The van der Waals surface area contributed by atoms with Crippen LogP contribution in [0.25, 0.3) is 0 Å². The van der Waals surface area contributed by atoms with Crippen LogP contribution >= 0.6 is 0 Å². The van der Waals surface area contributed by atoms with Crippen molar-refractivity contribution in [1.29, 1.82) is 0 Å². The van der Waals surface area contributed by atoms with Crippen LogP contribution in [0.5, 0.6) is 0 Å². The maximum absolute atomic E-state index is 10.3. The fourth-order valence-electron chi connectivity index (χ4n) is 4.07.